The van der Waals surface area contributed by atoms with Gasteiger partial charge in [0.15, 0.2) is 0 Å². The molecule has 3 nitrogen and oxygen atoms in total. The maximum absolute atomic E-state index is 9.35. The Morgan fingerprint density at radius 2 is 2.20 bits per heavy atom. The normalized spacial score (nSPS) is 18.3. The number of anilines is 2. The molecule has 0 atom stereocenters. The summed E-state index contributed by atoms with van der Waals surface area (Å²) in [5.41, 5.74) is 8.67. The monoisotopic (exact) mass is 206 g/mol. The van der Waals surface area contributed by atoms with Crippen molar-refractivity contribution in [3.8, 4) is 0 Å². The van der Waals surface area contributed by atoms with E-state index in [1.165, 1.54) is 6.42 Å². The molecule has 0 radical (unpaired) electrons. The molecule has 1 aromatic rings. The highest BCUT2D eigenvalue weighted by atomic mass is 16.3. The molecular formula is C12H18N2O. The molecule has 82 valence electrons. The predicted octanol–water partition coefficient (Wildman–Crippen LogP) is 1.90. The van der Waals surface area contributed by atoms with Crippen LogP contribution in [0.15, 0.2) is 18.2 Å². The van der Waals surface area contributed by atoms with Crippen LogP contribution in [0.1, 0.15) is 24.8 Å². The van der Waals surface area contributed by atoms with Crippen LogP contribution in [0.25, 0.3) is 0 Å². The zero-order valence-corrected chi connectivity index (χ0v) is 9.09. The minimum atomic E-state index is -0.123. The van der Waals surface area contributed by atoms with E-state index >= 15 is 0 Å². The van der Waals surface area contributed by atoms with Crippen LogP contribution in [0, 0.1) is 6.92 Å². The van der Waals surface area contributed by atoms with E-state index in [0.717, 1.165) is 29.8 Å². The fourth-order valence-electron chi connectivity index (χ4n) is 2.00. The van der Waals surface area contributed by atoms with E-state index in [-0.39, 0.29) is 12.1 Å². The van der Waals surface area contributed by atoms with Crippen LogP contribution in [-0.4, -0.2) is 17.3 Å². The Balaban J connectivity index is 2.20. The van der Waals surface area contributed by atoms with Crippen molar-refractivity contribution in [2.45, 2.75) is 31.7 Å². The predicted molar refractivity (Wildman–Crippen MR) is 62.9 cm³/mol. The molecule has 1 aliphatic carbocycles. The Kier molecular flexibility index (Phi) is 2.57. The highest BCUT2D eigenvalue weighted by molar-refractivity contribution is 5.70. The molecule has 0 aliphatic heterocycles. The smallest absolute Gasteiger partial charge is 0.0661 e. The number of nitrogens with two attached hydrogens (primary N) is 1. The summed E-state index contributed by atoms with van der Waals surface area (Å²) in [6.45, 7) is 2.17. The van der Waals surface area contributed by atoms with Gasteiger partial charge in [-0.25, -0.2) is 0 Å². The van der Waals surface area contributed by atoms with Gasteiger partial charge in [0.25, 0.3) is 0 Å². The number of benzene rings is 1. The lowest BCUT2D eigenvalue weighted by Crippen LogP contribution is -2.48. The number of aliphatic hydroxyl groups is 1. The first-order chi connectivity index (χ1) is 7.17. The van der Waals surface area contributed by atoms with Gasteiger partial charge < -0.3 is 16.2 Å². The first-order valence-electron chi connectivity index (χ1n) is 5.41. The lowest BCUT2D eigenvalue weighted by molar-refractivity contribution is 0.144. The highest BCUT2D eigenvalue weighted by Crippen LogP contribution is 2.36. The number of para-hydroxylation sites is 1. The van der Waals surface area contributed by atoms with Crippen molar-refractivity contribution in [1.82, 2.24) is 0 Å². The number of rotatable bonds is 3. The van der Waals surface area contributed by atoms with E-state index < -0.39 is 0 Å². The third-order valence-electron chi connectivity index (χ3n) is 3.34. The van der Waals surface area contributed by atoms with E-state index in [9.17, 15) is 5.11 Å². The summed E-state index contributed by atoms with van der Waals surface area (Å²) in [6, 6.07) is 5.95. The second-order valence-corrected chi connectivity index (χ2v) is 4.45. The van der Waals surface area contributed by atoms with Crippen LogP contribution < -0.4 is 11.1 Å². The molecule has 0 spiro atoms. The number of nitrogen functional groups attached to an aromatic ring is 1. The summed E-state index contributed by atoms with van der Waals surface area (Å²) in [7, 11) is 0. The summed E-state index contributed by atoms with van der Waals surface area (Å²) in [6.07, 6.45) is 3.23. The van der Waals surface area contributed by atoms with Crippen LogP contribution in [0.4, 0.5) is 11.4 Å². The van der Waals surface area contributed by atoms with Crippen molar-refractivity contribution in [2.24, 2.45) is 0 Å². The minimum absolute atomic E-state index is 0.123. The molecular weight excluding hydrogens is 188 g/mol. The average molecular weight is 206 g/mol. The van der Waals surface area contributed by atoms with Crippen LogP contribution in [0.2, 0.25) is 0 Å². The topological polar surface area (TPSA) is 58.3 Å². The van der Waals surface area contributed by atoms with Crippen LogP contribution in [0.5, 0.6) is 0 Å². The zero-order chi connectivity index (χ0) is 10.9. The Bertz CT molecular complexity index is 353. The fourth-order valence-corrected chi connectivity index (χ4v) is 2.00. The zero-order valence-electron chi connectivity index (χ0n) is 9.09. The number of nitrogens with one attached hydrogen (secondary N) is 1. The van der Waals surface area contributed by atoms with Gasteiger partial charge in [-0.15, -0.1) is 0 Å². The summed E-state index contributed by atoms with van der Waals surface area (Å²) in [4.78, 5) is 0. The largest absolute Gasteiger partial charge is 0.397 e. The van der Waals surface area contributed by atoms with Crippen LogP contribution in [0.3, 0.4) is 0 Å². The van der Waals surface area contributed by atoms with Crippen molar-refractivity contribution in [3.63, 3.8) is 0 Å². The van der Waals surface area contributed by atoms with Crippen molar-refractivity contribution in [1.29, 1.82) is 0 Å². The molecule has 0 saturated heterocycles. The van der Waals surface area contributed by atoms with Crippen molar-refractivity contribution < 1.29 is 5.11 Å². The summed E-state index contributed by atoms with van der Waals surface area (Å²) in [5, 5.41) is 12.7. The van der Waals surface area contributed by atoms with E-state index in [4.69, 9.17) is 5.73 Å². The molecule has 0 bridgehead atoms. The number of hydrogen-bond donors (Lipinski definition) is 3. The Labute approximate surface area is 90.3 Å². The SMILES string of the molecule is Cc1cccc(NC2(CO)CCC2)c1N. The Hall–Kier alpha value is -1.22. The summed E-state index contributed by atoms with van der Waals surface area (Å²) >= 11 is 0. The van der Waals surface area contributed by atoms with Gasteiger partial charge >= 0.3 is 0 Å². The van der Waals surface area contributed by atoms with Crippen LogP contribution in [-0.2, 0) is 0 Å². The van der Waals surface area contributed by atoms with Gasteiger partial charge in [0, 0.05) is 0 Å². The van der Waals surface area contributed by atoms with E-state index in [1.54, 1.807) is 0 Å². The van der Waals surface area contributed by atoms with Gasteiger partial charge in [0.1, 0.15) is 0 Å². The van der Waals surface area contributed by atoms with E-state index in [2.05, 4.69) is 5.32 Å². The second kappa shape index (κ2) is 3.74. The quantitative estimate of drug-likeness (QED) is 0.662. The van der Waals surface area contributed by atoms with Gasteiger partial charge in [-0.2, -0.15) is 0 Å². The van der Waals surface area contributed by atoms with Gasteiger partial charge in [0.2, 0.25) is 0 Å². The van der Waals surface area contributed by atoms with Gasteiger partial charge in [-0.3, -0.25) is 0 Å². The lowest BCUT2D eigenvalue weighted by Gasteiger charge is -2.42. The summed E-state index contributed by atoms with van der Waals surface area (Å²) < 4.78 is 0. The van der Waals surface area contributed by atoms with Gasteiger partial charge in [-0.05, 0) is 37.8 Å². The van der Waals surface area contributed by atoms with Crippen molar-refractivity contribution in [2.75, 3.05) is 17.7 Å². The maximum atomic E-state index is 9.35. The standard InChI is InChI=1S/C12H18N2O/c1-9-4-2-5-10(11(9)13)14-12(8-15)6-3-7-12/h2,4-5,14-15H,3,6-8,13H2,1H3. The number of hydrogen-bond acceptors (Lipinski definition) is 3. The molecule has 0 unspecified atom stereocenters. The van der Waals surface area contributed by atoms with Crippen molar-refractivity contribution in [3.05, 3.63) is 23.8 Å². The minimum Gasteiger partial charge on any atom is -0.397 e. The molecule has 2 rings (SSSR count). The Morgan fingerprint density at radius 3 is 2.73 bits per heavy atom. The number of aryl methyl sites for hydroxylation is 1. The van der Waals surface area contributed by atoms with Crippen molar-refractivity contribution >= 4 is 11.4 Å². The lowest BCUT2D eigenvalue weighted by atomic mass is 9.77. The molecule has 1 aliphatic rings. The maximum Gasteiger partial charge on any atom is 0.0661 e. The fraction of sp³-hybridized carbons (Fsp3) is 0.500. The molecule has 1 aromatic carbocycles. The van der Waals surface area contributed by atoms with Gasteiger partial charge in [-0.1, -0.05) is 12.1 Å². The molecule has 0 amide bonds. The second-order valence-electron chi connectivity index (χ2n) is 4.45. The molecule has 1 fully saturated rings. The van der Waals surface area contributed by atoms with Crippen LogP contribution >= 0.6 is 0 Å². The average Bonchev–Trinajstić information content (AvgIpc) is 2.18. The molecule has 4 N–H and O–H groups in total. The molecule has 0 heterocycles. The van der Waals surface area contributed by atoms with E-state index in [1.807, 2.05) is 25.1 Å². The first-order valence-corrected chi connectivity index (χ1v) is 5.41. The summed E-state index contributed by atoms with van der Waals surface area (Å²) in [5.74, 6) is 0. The molecule has 3 heteroatoms. The third kappa shape index (κ3) is 1.79. The number of aliphatic hydroxyl groups excluding tert-OH is 1. The molecule has 15 heavy (non-hydrogen) atoms. The third-order valence-corrected chi connectivity index (χ3v) is 3.34. The Morgan fingerprint density at radius 1 is 1.47 bits per heavy atom. The first kappa shape index (κ1) is 10.3. The highest BCUT2D eigenvalue weighted by Gasteiger charge is 2.36. The van der Waals surface area contributed by atoms with E-state index in [0.29, 0.717) is 0 Å². The molecule has 1 saturated carbocycles. The van der Waals surface area contributed by atoms with Gasteiger partial charge in [0.05, 0.1) is 23.5 Å². The molecule has 0 aromatic heterocycles.